The van der Waals surface area contributed by atoms with Crippen LogP contribution in [0.15, 0.2) is 12.1 Å². The first kappa shape index (κ1) is 24.5. The lowest BCUT2D eigenvalue weighted by molar-refractivity contribution is 0.131. The van der Waals surface area contributed by atoms with E-state index in [1.807, 2.05) is 0 Å². The summed E-state index contributed by atoms with van der Waals surface area (Å²) >= 11 is 0. The monoisotopic (exact) mass is 434 g/mol. The van der Waals surface area contributed by atoms with E-state index in [0.717, 1.165) is 49.4 Å². The third kappa shape index (κ3) is 6.45. The summed E-state index contributed by atoms with van der Waals surface area (Å²) in [5.41, 5.74) is 0.552. The van der Waals surface area contributed by atoms with Crippen LogP contribution in [-0.4, -0.2) is 6.61 Å². The summed E-state index contributed by atoms with van der Waals surface area (Å²) < 4.78 is 34.1. The molecule has 0 N–H and O–H groups in total. The minimum atomic E-state index is -0.818. The van der Waals surface area contributed by atoms with E-state index in [4.69, 9.17) is 4.74 Å². The second-order valence-corrected chi connectivity index (χ2v) is 10.3. The quantitative estimate of drug-likeness (QED) is 0.334. The maximum Gasteiger partial charge on any atom is 0.200 e. The molecule has 2 fully saturated rings. The SMILES string of the molecule is CCCCCCC1CCC(C(C)C2CCC(c3ccc(OCC)c(F)c3F)CC2)CC1. The number of hydrogen-bond acceptors (Lipinski definition) is 1. The van der Waals surface area contributed by atoms with Crippen LogP contribution in [0.5, 0.6) is 5.75 Å². The number of hydrogen-bond donors (Lipinski definition) is 0. The van der Waals surface area contributed by atoms with E-state index in [0.29, 0.717) is 12.2 Å². The van der Waals surface area contributed by atoms with Crippen molar-refractivity contribution in [1.29, 1.82) is 0 Å². The summed E-state index contributed by atoms with van der Waals surface area (Å²) in [7, 11) is 0. The molecule has 0 aliphatic heterocycles. The smallest absolute Gasteiger partial charge is 0.200 e. The van der Waals surface area contributed by atoms with Crippen LogP contribution < -0.4 is 4.74 Å². The first-order valence-electron chi connectivity index (χ1n) is 13.2. The Kier molecular flexibility index (Phi) is 9.66. The third-order valence-corrected chi connectivity index (χ3v) is 8.43. The summed E-state index contributed by atoms with van der Waals surface area (Å²) in [4.78, 5) is 0. The summed E-state index contributed by atoms with van der Waals surface area (Å²) in [5, 5.41) is 0. The van der Waals surface area contributed by atoms with Crippen LogP contribution in [0.1, 0.15) is 116 Å². The average molecular weight is 435 g/mol. The number of ether oxygens (including phenoxy) is 1. The van der Waals surface area contributed by atoms with Gasteiger partial charge in [-0.3, -0.25) is 0 Å². The van der Waals surface area contributed by atoms with Gasteiger partial charge in [0.2, 0.25) is 5.82 Å². The Morgan fingerprint density at radius 1 is 0.839 bits per heavy atom. The van der Waals surface area contributed by atoms with Gasteiger partial charge in [-0.1, -0.05) is 64.9 Å². The van der Waals surface area contributed by atoms with Gasteiger partial charge in [0.05, 0.1) is 6.61 Å². The highest BCUT2D eigenvalue weighted by atomic mass is 19.2. The molecule has 2 aliphatic rings. The van der Waals surface area contributed by atoms with Gasteiger partial charge in [-0.25, -0.2) is 4.39 Å². The molecule has 0 heterocycles. The second kappa shape index (κ2) is 12.2. The van der Waals surface area contributed by atoms with E-state index in [1.165, 1.54) is 57.8 Å². The Morgan fingerprint density at radius 3 is 2.10 bits per heavy atom. The van der Waals surface area contributed by atoms with Crippen molar-refractivity contribution in [2.75, 3.05) is 6.61 Å². The number of benzene rings is 1. The zero-order chi connectivity index (χ0) is 22.2. The Balaban J connectivity index is 1.45. The first-order valence-corrected chi connectivity index (χ1v) is 13.2. The molecule has 2 saturated carbocycles. The molecule has 31 heavy (non-hydrogen) atoms. The van der Waals surface area contributed by atoms with Crippen molar-refractivity contribution in [2.24, 2.45) is 23.7 Å². The van der Waals surface area contributed by atoms with Crippen LogP contribution in [0.4, 0.5) is 8.78 Å². The predicted molar refractivity (Wildman–Crippen MR) is 126 cm³/mol. The average Bonchev–Trinajstić information content (AvgIpc) is 2.80. The van der Waals surface area contributed by atoms with Crippen molar-refractivity contribution >= 4 is 0 Å². The fourth-order valence-corrected chi connectivity index (χ4v) is 6.33. The normalized spacial score (nSPS) is 27.8. The van der Waals surface area contributed by atoms with Crippen molar-refractivity contribution in [3.8, 4) is 5.75 Å². The fraction of sp³-hybridized carbons (Fsp3) is 0.786. The van der Waals surface area contributed by atoms with Crippen LogP contribution >= 0.6 is 0 Å². The lowest BCUT2D eigenvalue weighted by Crippen LogP contribution is -2.28. The van der Waals surface area contributed by atoms with E-state index in [2.05, 4.69) is 13.8 Å². The third-order valence-electron chi connectivity index (χ3n) is 8.43. The second-order valence-electron chi connectivity index (χ2n) is 10.3. The van der Waals surface area contributed by atoms with Crippen LogP contribution in [0.2, 0.25) is 0 Å². The standard InChI is InChI=1S/C28H44F2O/c1-4-6-7-8-9-21-10-12-22(13-11-21)20(3)23-14-16-24(17-15-23)25-18-19-26(31-5-2)28(30)27(25)29/h18-24H,4-17H2,1-3H3. The van der Waals surface area contributed by atoms with Crippen molar-refractivity contribution in [1.82, 2.24) is 0 Å². The van der Waals surface area contributed by atoms with Gasteiger partial charge in [0.15, 0.2) is 11.6 Å². The topological polar surface area (TPSA) is 9.23 Å². The molecule has 176 valence electrons. The largest absolute Gasteiger partial charge is 0.491 e. The molecule has 0 aromatic heterocycles. The van der Waals surface area contributed by atoms with Gasteiger partial charge >= 0.3 is 0 Å². The van der Waals surface area contributed by atoms with Crippen molar-refractivity contribution in [2.45, 2.75) is 110 Å². The van der Waals surface area contributed by atoms with E-state index in [-0.39, 0.29) is 11.7 Å². The number of unbranched alkanes of at least 4 members (excludes halogenated alkanes) is 3. The lowest BCUT2D eigenvalue weighted by atomic mass is 9.66. The molecule has 0 amide bonds. The first-order chi connectivity index (χ1) is 15.0. The highest BCUT2D eigenvalue weighted by Gasteiger charge is 2.33. The zero-order valence-electron chi connectivity index (χ0n) is 20.1. The van der Waals surface area contributed by atoms with Crippen molar-refractivity contribution in [3.05, 3.63) is 29.3 Å². The van der Waals surface area contributed by atoms with E-state index >= 15 is 0 Å². The van der Waals surface area contributed by atoms with Gasteiger partial charge in [0.1, 0.15) is 0 Å². The molecule has 0 radical (unpaired) electrons. The maximum atomic E-state index is 14.6. The predicted octanol–water partition coefficient (Wildman–Crippen LogP) is 9.05. The Hall–Kier alpha value is -1.12. The number of halogens is 2. The van der Waals surface area contributed by atoms with Gasteiger partial charge in [0.25, 0.3) is 0 Å². The van der Waals surface area contributed by atoms with Crippen molar-refractivity contribution in [3.63, 3.8) is 0 Å². The molecule has 2 aliphatic carbocycles. The Labute approximate surface area is 189 Å². The van der Waals surface area contributed by atoms with Crippen LogP contribution in [0.3, 0.4) is 0 Å². The van der Waals surface area contributed by atoms with Crippen molar-refractivity contribution < 1.29 is 13.5 Å². The summed E-state index contributed by atoms with van der Waals surface area (Å²) in [6.07, 6.45) is 16.9. The van der Waals surface area contributed by atoms with Crippen LogP contribution in [0.25, 0.3) is 0 Å². The molecule has 0 bridgehead atoms. The van der Waals surface area contributed by atoms with Gasteiger partial charge in [-0.2, -0.15) is 4.39 Å². The minimum Gasteiger partial charge on any atom is -0.491 e. The molecule has 1 atom stereocenters. The van der Waals surface area contributed by atoms with Crippen LogP contribution in [0, 0.1) is 35.3 Å². The van der Waals surface area contributed by atoms with Crippen LogP contribution in [-0.2, 0) is 0 Å². The molecule has 1 nitrogen and oxygen atoms in total. The van der Waals surface area contributed by atoms with E-state index < -0.39 is 11.6 Å². The highest BCUT2D eigenvalue weighted by Crippen LogP contribution is 2.45. The molecule has 0 saturated heterocycles. The zero-order valence-corrected chi connectivity index (χ0v) is 20.1. The van der Waals surface area contributed by atoms with Gasteiger partial charge in [0, 0.05) is 0 Å². The summed E-state index contributed by atoms with van der Waals surface area (Å²) in [5.74, 6) is 2.02. The molecule has 1 aromatic carbocycles. The maximum absolute atomic E-state index is 14.6. The minimum absolute atomic E-state index is 0.0343. The summed E-state index contributed by atoms with van der Waals surface area (Å²) in [6.45, 7) is 6.88. The molecule has 1 aromatic rings. The molecule has 0 spiro atoms. The van der Waals surface area contributed by atoms with Gasteiger partial charge < -0.3 is 4.74 Å². The Bertz CT molecular complexity index is 657. The van der Waals surface area contributed by atoms with Gasteiger partial charge in [-0.15, -0.1) is 0 Å². The molecule has 1 unspecified atom stereocenters. The molecular weight excluding hydrogens is 390 g/mol. The molecule has 3 heteroatoms. The highest BCUT2D eigenvalue weighted by molar-refractivity contribution is 5.33. The summed E-state index contributed by atoms with van der Waals surface area (Å²) in [6, 6.07) is 3.35. The van der Waals surface area contributed by atoms with Gasteiger partial charge in [-0.05, 0) is 86.7 Å². The fourth-order valence-electron chi connectivity index (χ4n) is 6.33. The van der Waals surface area contributed by atoms with E-state index in [9.17, 15) is 8.78 Å². The molecular formula is C28H44F2O. The van der Waals surface area contributed by atoms with E-state index in [1.54, 1.807) is 19.1 Å². The Morgan fingerprint density at radius 2 is 1.48 bits per heavy atom. The number of rotatable bonds is 10. The lowest BCUT2D eigenvalue weighted by Gasteiger charge is -2.39. The molecule has 3 rings (SSSR count).